The van der Waals surface area contributed by atoms with Gasteiger partial charge in [-0.1, -0.05) is 0 Å². The Morgan fingerprint density at radius 3 is 1.88 bits per heavy atom. The van der Waals surface area contributed by atoms with Gasteiger partial charge in [0.2, 0.25) is 11.8 Å². The van der Waals surface area contributed by atoms with Crippen molar-refractivity contribution in [3.63, 3.8) is 0 Å². The van der Waals surface area contributed by atoms with Crippen molar-refractivity contribution in [2.24, 2.45) is 5.73 Å². The first kappa shape index (κ1) is 34.1. The van der Waals surface area contributed by atoms with Gasteiger partial charge < -0.3 is 76.2 Å². The molecule has 2 amide bonds. The molecule has 0 aromatic heterocycles. The predicted octanol–water partition coefficient (Wildman–Crippen LogP) is -6.56. The van der Waals surface area contributed by atoms with Crippen molar-refractivity contribution < 1.29 is 74.2 Å². The Kier molecular flexibility index (Phi) is 12.6. The molecular formula is C22H39N3O15. The first-order chi connectivity index (χ1) is 18.6. The maximum Gasteiger partial charge on any atom is 0.325 e. The van der Waals surface area contributed by atoms with E-state index in [0.29, 0.717) is 0 Å². The van der Waals surface area contributed by atoms with Crippen LogP contribution in [0.3, 0.4) is 0 Å². The van der Waals surface area contributed by atoms with Crippen LogP contribution in [-0.2, 0) is 33.3 Å². The van der Waals surface area contributed by atoms with Crippen molar-refractivity contribution in [2.45, 2.75) is 106 Å². The number of carbonyl (C=O) groups is 3. The summed E-state index contributed by atoms with van der Waals surface area (Å²) < 4.78 is 21.8. The second-order valence-corrected chi connectivity index (χ2v) is 9.69. The molecule has 2 heterocycles. The quantitative estimate of drug-likeness (QED) is 0.101. The molecule has 232 valence electrons. The van der Waals surface area contributed by atoms with Gasteiger partial charge in [-0.3, -0.25) is 14.4 Å². The summed E-state index contributed by atoms with van der Waals surface area (Å²) in [5, 5.41) is 84.5. The number of aliphatic hydroxyl groups excluding tert-OH is 7. The minimum Gasteiger partial charge on any atom is -0.480 e. The van der Waals surface area contributed by atoms with E-state index in [4.69, 9.17) is 29.8 Å². The Morgan fingerprint density at radius 1 is 0.800 bits per heavy atom. The molecule has 0 aliphatic carbocycles. The number of hydrogen-bond acceptors (Lipinski definition) is 15. The fourth-order valence-electron chi connectivity index (χ4n) is 4.00. The van der Waals surface area contributed by atoms with Gasteiger partial charge in [-0.15, -0.1) is 0 Å². The summed E-state index contributed by atoms with van der Waals surface area (Å²) in [7, 11) is 0. The van der Waals surface area contributed by atoms with Gasteiger partial charge >= 0.3 is 5.97 Å². The average Bonchev–Trinajstić information content (AvgIpc) is 2.90. The first-order valence-electron chi connectivity index (χ1n) is 12.5. The van der Waals surface area contributed by atoms with Gasteiger partial charge in [0.05, 0.1) is 25.4 Å². The van der Waals surface area contributed by atoms with E-state index in [0.717, 1.165) is 0 Å². The van der Waals surface area contributed by atoms with Crippen LogP contribution in [0.1, 0.15) is 20.8 Å². The first-order valence-corrected chi connectivity index (χ1v) is 12.5. The Bertz CT molecular complexity index is 863. The molecule has 0 radical (unpaired) electrons. The number of nitrogens with two attached hydrogens (primary N) is 1. The molecule has 14 atom stereocenters. The van der Waals surface area contributed by atoms with E-state index in [1.165, 1.54) is 20.8 Å². The number of aliphatic hydroxyl groups is 7. The molecule has 2 rings (SSSR count). The molecule has 18 heteroatoms. The fourth-order valence-corrected chi connectivity index (χ4v) is 4.00. The zero-order chi connectivity index (χ0) is 30.5. The molecule has 0 aromatic rings. The van der Waals surface area contributed by atoms with Crippen LogP contribution in [0.15, 0.2) is 0 Å². The highest BCUT2D eigenvalue weighted by molar-refractivity contribution is 5.91. The highest BCUT2D eigenvalue weighted by atomic mass is 16.7. The van der Waals surface area contributed by atoms with Crippen LogP contribution >= 0.6 is 0 Å². The monoisotopic (exact) mass is 585 g/mol. The van der Waals surface area contributed by atoms with Crippen LogP contribution in [0.2, 0.25) is 0 Å². The molecule has 2 saturated heterocycles. The van der Waals surface area contributed by atoms with Crippen LogP contribution in [0, 0.1) is 0 Å². The van der Waals surface area contributed by atoms with Crippen molar-refractivity contribution in [2.75, 3.05) is 13.2 Å². The number of ether oxygens (including phenoxy) is 4. The number of carboxylic acid groups (broad SMARTS) is 1. The molecule has 40 heavy (non-hydrogen) atoms. The van der Waals surface area contributed by atoms with Gasteiger partial charge in [-0.05, 0) is 20.8 Å². The maximum absolute atomic E-state index is 12.8. The van der Waals surface area contributed by atoms with Gasteiger partial charge in [0.25, 0.3) is 0 Å². The Hall–Kier alpha value is -2.07. The standard InChI is InChI=1S/C22H39N3O15/c1-6(23)18(33)25-11(19(34)24-7(2)20(35)36)8(3)37-22-16(32)17(13(29)10(5-27)39-22)40-21-15(31)14(30)12(28)9(4-26)38-21/h6-17,21-22,26-32H,4-5,23H2,1-3H3,(H,24,34)(H,25,33)(H,35,36)/t6-,7-,8+,9+,10+,11-,12-,13-,14-,15+,16+,17-,21-,22-/m0/s1. The number of amides is 2. The molecule has 0 spiro atoms. The van der Waals surface area contributed by atoms with Gasteiger partial charge in [0.1, 0.15) is 60.9 Å². The highest BCUT2D eigenvalue weighted by Crippen LogP contribution is 2.30. The predicted molar refractivity (Wildman–Crippen MR) is 128 cm³/mol. The fraction of sp³-hybridized carbons (Fsp3) is 0.864. The zero-order valence-corrected chi connectivity index (χ0v) is 22.0. The number of hydrogen-bond donors (Lipinski definition) is 11. The molecule has 2 aliphatic rings. The zero-order valence-electron chi connectivity index (χ0n) is 22.0. The lowest BCUT2D eigenvalue weighted by molar-refractivity contribution is -0.363. The van der Waals surface area contributed by atoms with E-state index in [2.05, 4.69) is 10.6 Å². The Labute approximate surface area is 228 Å². The Morgan fingerprint density at radius 2 is 1.35 bits per heavy atom. The molecule has 0 unspecified atom stereocenters. The third-order valence-corrected chi connectivity index (χ3v) is 6.50. The summed E-state index contributed by atoms with van der Waals surface area (Å²) in [4.78, 5) is 36.2. The van der Waals surface area contributed by atoms with Crippen molar-refractivity contribution in [1.82, 2.24) is 10.6 Å². The molecule has 2 aliphatic heterocycles. The van der Waals surface area contributed by atoms with Crippen molar-refractivity contribution >= 4 is 17.8 Å². The van der Waals surface area contributed by atoms with E-state index in [-0.39, 0.29) is 0 Å². The topological polar surface area (TPSA) is 300 Å². The minimum absolute atomic E-state index is 0.775. The highest BCUT2D eigenvalue weighted by Gasteiger charge is 2.51. The van der Waals surface area contributed by atoms with Gasteiger partial charge in [0, 0.05) is 0 Å². The largest absolute Gasteiger partial charge is 0.480 e. The van der Waals surface area contributed by atoms with Gasteiger partial charge in [-0.2, -0.15) is 0 Å². The molecule has 2 fully saturated rings. The third-order valence-electron chi connectivity index (χ3n) is 6.50. The normalized spacial score (nSPS) is 37.6. The Balaban J connectivity index is 2.26. The lowest BCUT2D eigenvalue weighted by Crippen LogP contribution is -2.65. The minimum atomic E-state index is -1.90. The SMILES string of the molecule is C[C@H](N)C(=O)N[C@H](C(=O)N[C@@H](C)C(=O)O)[C@@H](C)O[C@H]1O[C@H](CO)[C@H](O)[C@H](O[C@@H]2O[C@H](CO)[C@H](O)[C@H](O)[C@H]2O)[C@H]1O. The average molecular weight is 586 g/mol. The van der Waals surface area contributed by atoms with Crippen LogP contribution in [0.25, 0.3) is 0 Å². The second-order valence-electron chi connectivity index (χ2n) is 9.69. The van der Waals surface area contributed by atoms with Crippen molar-refractivity contribution in [1.29, 1.82) is 0 Å². The van der Waals surface area contributed by atoms with Crippen LogP contribution in [-0.4, -0.2) is 157 Å². The van der Waals surface area contributed by atoms with E-state index < -0.39 is 117 Å². The molecule has 0 aromatic carbocycles. The number of carbonyl (C=O) groups excluding carboxylic acids is 2. The molecular weight excluding hydrogens is 546 g/mol. The molecule has 0 bridgehead atoms. The van der Waals surface area contributed by atoms with E-state index in [1.54, 1.807) is 0 Å². The molecule has 18 nitrogen and oxygen atoms in total. The van der Waals surface area contributed by atoms with Crippen molar-refractivity contribution in [3.05, 3.63) is 0 Å². The summed E-state index contributed by atoms with van der Waals surface area (Å²) in [6.07, 6.45) is -18.5. The second kappa shape index (κ2) is 14.7. The number of rotatable bonds is 12. The number of nitrogens with one attached hydrogen (secondary N) is 2. The number of aliphatic carboxylic acids is 1. The van der Waals surface area contributed by atoms with Gasteiger partial charge in [-0.25, -0.2) is 0 Å². The lowest BCUT2D eigenvalue weighted by Gasteiger charge is -2.46. The summed E-state index contributed by atoms with van der Waals surface area (Å²) in [5.41, 5.74) is 5.55. The summed E-state index contributed by atoms with van der Waals surface area (Å²) >= 11 is 0. The smallest absolute Gasteiger partial charge is 0.325 e. The van der Waals surface area contributed by atoms with E-state index in [9.17, 15) is 50.1 Å². The number of carboxylic acids is 1. The van der Waals surface area contributed by atoms with Crippen LogP contribution in [0.4, 0.5) is 0 Å². The summed E-state index contributed by atoms with van der Waals surface area (Å²) in [6.45, 7) is 2.19. The van der Waals surface area contributed by atoms with E-state index >= 15 is 0 Å². The maximum atomic E-state index is 12.8. The third kappa shape index (κ3) is 8.02. The van der Waals surface area contributed by atoms with Crippen LogP contribution in [0.5, 0.6) is 0 Å². The van der Waals surface area contributed by atoms with Crippen LogP contribution < -0.4 is 16.4 Å². The molecule has 0 saturated carbocycles. The summed E-state index contributed by atoms with van der Waals surface area (Å²) in [6, 6.07) is -3.97. The van der Waals surface area contributed by atoms with Gasteiger partial charge in [0.15, 0.2) is 12.6 Å². The lowest BCUT2D eigenvalue weighted by atomic mass is 9.97. The molecule has 12 N–H and O–H groups in total. The van der Waals surface area contributed by atoms with E-state index in [1.807, 2.05) is 0 Å². The summed E-state index contributed by atoms with van der Waals surface area (Å²) in [5.74, 6) is -3.14. The van der Waals surface area contributed by atoms with Crippen molar-refractivity contribution in [3.8, 4) is 0 Å².